The van der Waals surface area contributed by atoms with Crippen LogP contribution in [0.15, 0.2) is 30.6 Å². The molecule has 0 saturated carbocycles. The van der Waals surface area contributed by atoms with Gasteiger partial charge in [0.15, 0.2) is 0 Å². The van der Waals surface area contributed by atoms with Crippen LogP contribution >= 0.6 is 0 Å². The van der Waals surface area contributed by atoms with Gasteiger partial charge in [-0.1, -0.05) is 24.3 Å². The molecule has 1 aromatic carbocycles. The molecule has 0 amide bonds. The van der Waals surface area contributed by atoms with Crippen molar-refractivity contribution in [2.24, 2.45) is 0 Å². The molecular weight excluding hydrogens is 210 g/mol. The van der Waals surface area contributed by atoms with Crippen LogP contribution in [0.3, 0.4) is 0 Å². The molecule has 2 heterocycles. The molecule has 0 saturated heterocycles. The van der Waals surface area contributed by atoms with E-state index in [1.807, 2.05) is 0 Å². The van der Waals surface area contributed by atoms with E-state index >= 15 is 0 Å². The molecular formula is C14H18N3+. The molecule has 17 heavy (non-hydrogen) atoms. The predicted octanol–water partition coefficient (Wildman–Crippen LogP) is 0.859. The van der Waals surface area contributed by atoms with Gasteiger partial charge in [-0.2, -0.15) is 0 Å². The van der Waals surface area contributed by atoms with Crippen LogP contribution in [0.25, 0.3) is 0 Å². The summed E-state index contributed by atoms with van der Waals surface area (Å²) in [6.45, 7) is 5.47. The molecule has 0 fully saturated rings. The largest absolute Gasteiger partial charge is 0.348 e. The summed E-state index contributed by atoms with van der Waals surface area (Å²) in [5.41, 5.74) is 5.44. The third-order valence-electron chi connectivity index (χ3n) is 3.66. The van der Waals surface area contributed by atoms with Crippen molar-refractivity contribution in [3.63, 3.8) is 0 Å². The van der Waals surface area contributed by atoms with Crippen molar-refractivity contribution in [1.29, 1.82) is 0 Å². The van der Waals surface area contributed by atoms with Gasteiger partial charge in [0.1, 0.15) is 18.8 Å². The van der Waals surface area contributed by atoms with E-state index in [2.05, 4.69) is 41.2 Å². The highest BCUT2D eigenvalue weighted by atomic mass is 15.1. The van der Waals surface area contributed by atoms with Crippen molar-refractivity contribution < 1.29 is 4.90 Å². The summed E-state index contributed by atoms with van der Waals surface area (Å²) in [5, 5.41) is 0. The number of hydrogen-bond acceptors (Lipinski definition) is 1. The average molecular weight is 228 g/mol. The maximum atomic E-state index is 4.39. The molecule has 88 valence electrons. The van der Waals surface area contributed by atoms with Crippen molar-refractivity contribution in [3.8, 4) is 0 Å². The van der Waals surface area contributed by atoms with Crippen LogP contribution in [0, 0.1) is 6.92 Å². The second-order valence-corrected chi connectivity index (χ2v) is 4.85. The topological polar surface area (TPSA) is 33.1 Å². The molecule has 1 unspecified atom stereocenters. The van der Waals surface area contributed by atoms with E-state index in [4.69, 9.17) is 0 Å². The van der Waals surface area contributed by atoms with E-state index in [0.29, 0.717) is 0 Å². The Morgan fingerprint density at radius 3 is 2.88 bits per heavy atom. The first kappa shape index (κ1) is 10.5. The van der Waals surface area contributed by atoms with Crippen LogP contribution in [0.1, 0.15) is 22.5 Å². The Morgan fingerprint density at radius 1 is 1.29 bits per heavy atom. The molecule has 0 bridgehead atoms. The van der Waals surface area contributed by atoms with Crippen molar-refractivity contribution in [2.45, 2.75) is 26.4 Å². The molecule has 0 spiro atoms. The van der Waals surface area contributed by atoms with Gasteiger partial charge in [-0.3, -0.25) is 0 Å². The van der Waals surface area contributed by atoms with Gasteiger partial charge in [0.25, 0.3) is 0 Å². The van der Waals surface area contributed by atoms with E-state index in [1.54, 1.807) is 11.2 Å². The smallest absolute Gasteiger partial charge is 0.122 e. The summed E-state index contributed by atoms with van der Waals surface area (Å²) in [5.74, 6) is 0. The molecule has 3 nitrogen and oxygen atoms in total. The molecule has 2 aromatic rings. The van der Waals surface area contributed by atoms with E-state index in [0.717, 1.165) is 13.1 Å². The number of fused-ring (bicyclic) bond motifs is 1. The summed E-state index contributed by atoms with van der Waals surface area (Å²) < 4.78 is 0. The van der Waals surface area contributed by atoms with Crippen LogP contribution < -0.4 is 4.90 Å². The van der Waals surface area contributed by atoms with E-state index in [9.17, 15) is 0 Å². The molecule has 3 rings (SSSR count). The Balaban J connectivity index is 1.74. The lowest BCUT2D eigenvalue weighted by Crippen LogP contribution is -3.10. The van der Waals surface area contributed by atoms with E-state index < -0.39 is 0 Å². The van der Waals surface area contributed by atoms with Crippen molar-refractivity contribution in [2.75, 3.05) is 6.54 Å². The Kier molecular flexibility index (Phi) is 2.69. The zero-order valence-electron chi connectivity index (χ0n) is 10.2. The first-order valence-electron chi connectivity index (χ1n) is 6.22. The van der Waals surface area contributed by atoms with Gasteiger partial charge in [-0.15, -0.1) is 0 Å². The SMILES string of the molecule is Cc1[nH]cnc1C[NH+]1CCc2ccccc2C1. The van der Waals surface area contributed by atoms with E-state index in [1.165, 1.54) is 35.5 Å². The number of benzene rings is 1. The highest BCUT2D eigenvalue weighted by Gasteiger charge is 2.20. The summed E-state index contributed by atoms with van der Waals surface area (Å²) >= 11 is 0. The van der Waals surface area contributed by atoms with Gasteiger partial charge in [0, 0.05) is 17.7 Å². The highest BCUT2D eigenvalue weighted by molar-refractivity contribution is 5.27. The van der Waals surface area contributed by atoms with Crippen LogP contribution in [0.4, 0.5) is 0 Å². The lowest BCUT2D eigenvalue weighted by atomic mass is 10.00. The number of aromatic amines is 1. The Labute approximate surface area is 101 Å². The normalized spacial score (nSPS) is 19.0. The van der Waals surface area contributed by atoms with E-state index in [-0.39, 0.29) is 0 Å². The maximum Gasteiger partial charge on any atom is 0.122 e. The lowest BCUT2D eigenvalue weighted by molar-refractivity contribution is -0.929. The minimum atomic E-state index is 1.03. The standard InChI is InChI=1S/C14H17N3/c1-11-14(16-10-15-11)9-17-7-6-12-4-2-3-5-13(12)8-17/h2-5,10H,6-9H2,1H3,(H,15,16)/p+1. The number of aryl methyl sites for hydroxylation is 1. The fraction of sp³-hybridized carbons (Fsp3) is 0.357. The highest BCUT2D eigenvalue weighted by Crippen LogP contribution is 2.10. The number of H-pyrrole nitrogens is 1. The zero-order valence-corrected chi connectivity index (χ0v) is 10.2. The van der Waals surface area contributed by atoms with Crippen LogP contribution in [0.2, 0.25) is 0 Å². The summed E-state index contributed by atoms with van der Waals surface area (Å²) in [6, 6.07) is 8.79. The quantitative estimate of drug-likeness (QED) is 0.785. The number of quaternary nitrogens is 1. The minimum Gasteiger partial charge on any atom is -0.348 e. The lowest BCUT2D eigenvalue weighted by Gasteiger charge is -2.25. The monoisotopic (exact) mass is 228 g/mol. The summed E-state index contributed by atoms with van der Waals surface area (Å²) in [7, 11) is 0. The molecule has 1 aliphatic rings. The molecule has 0 aliphatic carbocycles. The predicted molar refractivity (Wildman–Crippen MR) is 66.7 cm³/mol. The van der Waals surface area contributed by atoms with Crippen LogP contribution in [-0.2, 0) is 19.5 Å². The van der Waals surface area contributed by atoms with Gasteiger partial charge in [0.05, 0.1) is 12.9 Å². The van der Waals surface area contributed by atoms with Crippen molar-refractivity contribution >= 4 is 0 Å². The second kappa shape index (κ2) is 4.34. The fourth-order valence-electron chi connectivity index (χ4n) is 2.60. The van der Waals surface area contributed by atoms with Gasteiger partial charge in [-0.25, -0.2) is 4.98 Å². The third-order valence-corrected chi connectivity index (χ3v) is 3.66. The van der Waals surface area contributed by atoms with Gasteiger partial charge >= 0.3 is 0 Å². The molecule has 2 N–H and O–H groups in total. The average Bonchev–Trinajstić information content (AvgIpc) is 2.75. The first-order valence-corrected chi connectivity index (χ1v) is 6.22. The van der Waals surface area contributed by atoms with Gasteiger partial charge in [-0.05, 0) is 12.5 Å². The second-order valence-electron chi connectivity index (χ2n) is 4.85. The van der Waals surface area contributed by atoms with Crippen LogP contribution in [-0.4, -0.2) is 16.5 Å². The number of aromatic nitrogens is 2. The third kappa shape index (κ3) is 2.11. The van der Waals surface area contributed by atoms with Gasteiger partial charge < -0.3 is 9.88 Å². The summed E-state index contributed by atoms with van der Waals surface area (Å²) in [6.07, 6.45) is 2.98. The van der Waals surface area contributed by atoms with Crippen LogP contribution in [0.5, 0.6) is 0 Å². The minimum absolute atomic E-state index is 1.03. The van der Waals surface area contributed by atoms with Gasteiger partial charge in [0.2, 0.25) is 0 Å². The fourth-order valence-corrected chi connectivity index (χ4v) is 2.60. The number of rotatable bonds is 2. The first-order chi connectivity index (χ1) is 8.33. The Morgan fingerprint density at radius 2 is 2.12 bits per heavy atom. The molecule has 0 radical (unpaired) electrons. The number of nitrogens with one attached hydrogen (secondary N) is 2. The number of imidazole rings is 1. The zero-order chi connectivity index (χ0) is 11.7. The van der Waals surface area contributed by atoms with Crippen molar-refractivity contribution in [3.05, 3.63) is 53.1 Å². The Hall–Kier alpha value is -1.61. The molecule has 1 atom stereocenters. The van der Waals surface area contributed by atoms with Crippen molar-refractivity contribution in [1.82, 2.24) is 9.97 Å². The number of hydrogen-bond donors (Lipinski definition) is 2. The maximum absolute atomic E-state index is 4.39. The number of nitrogens with zero attached hydrogens (tertiary/aromatic N) is 1. The summed E-state index contributed by atoms with van der Waals surface area (Å²) in [4.78, 5) is 9.15. The Bertz CT molecular complexity index is 516. The molecule has 1 aromatic heterocycles. The molecule has 3 heteroatoms. The molecule has 1 aliphatic heterocycles.